The van der Waals surface area contributed by atoms with Gasteiger partial charge in [0.15, 0.2) is 5.82 Å². The summed E-state index contributed by atoms with van der Waals surface area (Å²) in [7, 11) is 0. The van der Waals surface area contributed by atoms with E-state index in [1.54, 1.807) is 6.92 Å². The van der Waals surface area contributed by atoms with Gasteiger partial charge in [-0.15, -0.1) is 0 Å². The minimum Gasteiger partial charge on any atom is -0.508 e. The van der Waals surface area contributed by atoms with Crippen molar-refractivity contribution in [1.29, 1.82) is 0 Å². The highest BCUT2D eigenvalue weighted by Gasteiger charge is 2.36. The molecule has 0 saturated heterocycles. The summed E-state index contributed by atoms with van der Waals surface area (Å²) in [6.07, 6.45) is 4.34. The number of phenolic OH excluding ortho intramolecular Hbond substituents is 2. The molecule has 4 heterocycles. The summed E-state index contributed by atoms with van der Waals surface area (Å²) in [6, 6.07) is 6.42. The number of hydrogen-bond acceptors (Lipinski definition) is 7. The molecular formula is C30H33N5O3. The number of aromatic nitrogens is 2. The van der Waals surface area contributed by atoms with Crippen molar-refractivity contribution >= 4 is 22.8 Å². The Morgan fingerprint density at radius 1 is 1.00 bits per heavy atom. The smallest absolute Gasteiger partial charge is 0.278 e. The van der Waals surface area contributed by atoms with Gasteiger partial charge >= 0.3 is 0 Å². The largest absolute Gasteiger partial charge is 0.508 e. The predicted octanol–water partition coefficient (Wildman–Crippen LogP) is 5.02. The topological polar surface area (TPSA) is 103 Å². The molecule has 0 atom stereocenters. The van der Waals surface area contributed by atoms with Crippen LogP contribution < -0.4 is 10.5 Å². The lowest BCUT2D eigenvalue weighted by atomic mass is 9.86. The Morgan fingerprint density at radius 2 is 1.74 bits per heavy atom. The fourth-order valence-electron chi connectivity index (χ4n) is 5.91. The van der Waals surface area contributed by atoms with Crippen molar-refractivity contribution < 1.29 is 10.2 Å². The Labute approximate surface area is 222 Å². The zero-order valence-electron chi connectivity index (χ0n) is 22.6. The van der Waals surface area contributed by atoms with Crippen LogP contribution in [0.15, 0.2) is 39.2 Å². The quantitative estimate of drug-likeness (QED) is 0.470. The van der Waals surface area contributed by atoms with Crippen molar-refractivity contribution in [3.05, 3.63) is 62.7 Å². The van der Waals surface area contributed by atoms with Gasteiger partial charge < -0.3 is 15.1 Å². The van der Waals surface area contributed by atoms with E-state index in [1.807, 2.05) is 0 Å². The van der Waals surface area contributed by atoms with Crippen molar-refractivity contribution in [2.24, 2.45) is 15.5 Å². The number of aliphatic imine (C=N–C) groups is 1. The van der Waals surface area contributed by atoms with E-state index in [4.69, 9.17) is 15.1 Å². The first-order valence-electron chi connectivity index (χ1n) is 13.3. The average molecular weight is 512 g/mol. The summed E-state index contributed by atoms with van der Waals surface area (Å²) < 4.78 is 1.33. The van der Waals surface area contributed by atoms with Crippen LogP contribution in [0.3, 0.4) is 0 Å². The highest BCUT2D eigenvalue weighted by molar-refractivity contribution is 6.50. The maximum Gasteiger partial charge on any atom is 0.278 e. The molecule has 0 fully saturated rings. The molecule has 3 aliphatic heterocycles. The normalized spacial score (nSPS) is 17.4. The summed E-state index contributed by atoms with van der Waals surface area (Å²) in [6.45, 7) is 12.2. The molecule has 0 amide bonds. The molecule has 0 bridgehead atoms. The molecule has 0 spiro atoms. The minimum absolute atomic E-state index is 0.0205. The van der Waals surface area contributed by atoms with Gasteiger partial charge in [-0.2, -0.15) is 9.78 Å². The molecule has 2 N–H and O–H groups in total. The Bertz CT molecular complexity index is 1620. The van der Waals surface area contributed by atoms with E-state index in [-0.39, 0.29) is 17.1 Å². The van der Waals surface area contributed by atoms with Crippen LogP contribution in [0.25, 0.3) is 11.3 Å². The summed E-state index contributed by atoms with van der Waals surface area (Å²) in [5.41, 5.74) is 7.62. The number of nitrogens with zero attached hydrogens (tertiary/aromatic N) is 5. The molecular weight excluding hydrogens is 478 g/mol. The van der Waals surface area contributed by atoms with Crippen LogP contribution in [0.1, 0.15) is 61.7 Å². The molecule has 0 saturated carbocycles. The zero-order valence-corrected chi connectivity index (χ0v) is 22.6. The Kier molecular flexibility index (Phi) is 5.49. The van der Waals surface area contributed by atoms with Crippen LogP contribution in [0.5, 0.6) is 11.5 Å². The number of hydrogen-bond donors (Lipinski definition) is 2. The third-order valence-electron chi connectivity index (χ3n) is 7.88. The van der Waals surface area contributed by atoms with E-state index in [0.29, 0.717) is 34.1 Å². The first-order valence-corrected chi connectivity index (χ1v) is 13.3. The Morgan fingerprint density at radius 3 is 2.47 bits per heavy atom. The summed E-state index contributed by atoms with van der Waals surface area (Å²) in [4.78, 5) is 26.1. The summed E-state index contributed by atoms with van der Waals surface area (Å²) in [5, 5.41) is 25.3. The monoisotopic (exact) mass is 511 g/mol. The second-order valence-electron chi connectivity index (χ2n) is 11.6. The molecule has 8 nitrogen and oxygen atoms in total. The highest BCUT2D eigenvalue weighted by Crippen LogP contribution is 2.42. The average Bonchev–Trinajstić information content (AvgIpc) is 3.25. The maximum absolute atomic E-state index is 13.5. The number of benzene rings is 2. The van der Waals surface area contributed by atoms with Crippen molar-refractivity contribution in [3.63, 3.8) is 0 Å². The molecule has 38 heavy (non-hydrogen) atoms. The van der Waals surface area contributed by atoms with Crippen molar-refractivity contribution in [1.82, 2.24) is 9.66 Å². The van der Waals surface area contributed by atoms with Gasteiger partial charge in [-0.3, -0.25) is 4.79 Å². The summed E-state index contributed by atoms with van der Waals surface area (Å²) in [5.74, 6) is 0.258. The number of rotatable bonds is 2. The van der Waals surface area contributed by atoms with Gasteiger partial charge in [0.2, 0.25) is 0 Å². The molecule has 1 aromatic heterocycles. The first-order chi connectivity index (χ1) is 18.0. The third kappa shape index (κ3) is 3.73. The number of phenols is 2. The van der Waals surface area contributed by atoms with E-state index in [2.05, 4.69) is 38.7 Å². The molecule has 196 valence electrons. The minimum atomic E-state index is -0.395. The standard InChI is InChI=1S/C30H33N5O3/c1-16-20-9-7-13-34-12-6-8-18(26(20)34)14-22(16)31-25-27(30(3,4)5)33-35-28(25)32-24(17(2)29(35)38)21-15-19(36)10-11-23(21)37/h10-11,14-15,36-37H,6-9,12-13H2,1-5H3/b31-25-. The second kappa shape index (κ2) is 8.55. The van der Waals surface area contributed by atoms with E-state index in [1.165, 1.54) is 39.7 Å². The van der Waals surface area contributed by atoms with Gasteiger partial charge in [0, 0.05) is 35.3 Å². The predicted molar refractivity (Wildman–Crippen MR) is 151 cm³/mol. The molecule has 3 aromatic rings. The lowest BCUT2D eigenvalue weighted by Crippen LogP contribution is -2.34. The van der Waals surface area contributed by atoms with E-state index < -0.39 is 5.41 Å². The number of anilines is 1. The van der Waals surface area contributed by atoms with Gasteiger partial charge in [-0.1, -0.05) is 20.8 Å². The molecule has 3 aliphatic rings. The number of aromatic hydroxyl groups is 2. The van der Waals surface area contributed by atoms with Gasteiger partial charge in [-0.25, -0.2) is 9.98 Å². The number of aryl methyl sites for hydroxylation is 1. The van der Waals surface area contributed by atoms with E-state index in [0.717, 1.165) is 50.0 Å². The zero-order chi connectivity index (χ0) is 26.9. The molecule has 2 aromatic carbocycles. The van der Waals surface area contributed by atoms with Crippen molar-refractivity contribution in [3.8, 4) is 22.8 Å². The maximum atomic E-state index is 13.5. The van der Waals surface area contributed by atoms with Crippen molar-refractivity contribution in [2.75, 3.05) is 18.0 Å². The molecule has 8 heteroatoms. The lowest BCUT2D eigenvalue weighted by Gasteiger charge is -2.38. The Hall–Kier alpha value is -3.94. The lowest BCUT2D eigenvalue weighted by molar-refractivity contribution is 0.461. The van der Waals surface area contributed by atoms with Crippen LogP contribution in [-0.2, 0) is 12.8 Å². The SMILES string of the molecule is Cc1c(/N=C2/C(C(C)(C)C)=Nn3c2nc(-c2cc(O)ccc2O)c(C)c3=O)cc2c3c1CCCN3CCC2. The van der Waals surface area contributed by atoms with Crippen LogP contribution in [0, 0.1) is 19.3 Å². The van der Waals surface area contributed by atoms with Crippen LogP contribution in [0.4, 0.5) is 11.4 Å². The van der Waals surface area contributed by atoms with Crippen LogP contribution in [0.2, 0.25) is 0 Å². The number of fused-ring (bicyclic) bond motifs is 1. The Balaban J connectivity index is 1.60. The second-order valence-corrected chi connectivity index (χ2v) is 11.6. The molecule has 0 unspecified atom stereocenters. The van der Waals surface area contributed by atoms with Crippen LogP contribution in [-0.4, -0.2) is 44.4 Å². The third-order valence-corrected chi connectivity index (χ3v) is 7.88. The first kappa shape index (κ1) is 24.4. The van der Waals surface area contributed by atoms with Gasteiger partial charge in [0.05, 0.1) is 17.1 Å². The summed E-state index contributed by atoms with van der Waals surface area (Å²) >= 11 is 0. The van der Waals surface area contributed by atoms with Gasteiger partial charge in [0.25, 0.3) is 5.56 Å². The van der Waals surface area contributed by atoms with Gasteiger partial charge in [0.1, 0.15) is 17.2 Å². The van der Waals surface area contributed by atoms with E-state index in [9.17, 15) is 15.0 Å². The van der Waals surface area contributed by atoms with Crippen LogP contribution >= 0.6 is 0 Å². The highest BCUT2D eigenvalue weighted by atomic mass is 16.3. The van der Waals surface area contributed by atoms with Crippen molar-refractivity contribution in [2.45, 2.75) is 60.3 Å². The van der Waals surface area contributed by atoms with E-state index >= 15 is 0 Å². The fourth-order valence-corrected chi connectivity index (χ4v) is 5.91. The molecule has 0 radical (unpaired) electrons. The molecule has 0 aliphatic carbocycles. The fraction of sp³-hybridized carbons (Fsp3) is 0.400. The van der Waals surface area contributed by atoms with Gasteiger partial charge in [-0.05, 0) is 80.5 Å². The molecule has 6 rings (SSSR count).